The molecule has 1 saturated carbocycles. The number of aliphatic hydroxyl groups excluding tert-OH is 1. The summed E-state index contributed by atoms with van der Waals surface area (Å²) in [4.78, 5) is 12.5. The zero-order valence-electron chi connectivity index (χ0n) is 19.6. The van der Waals surface area contributed by atoms with Crippen molar-refractivity contribution in [1.82, 2.24) is 0 Å². The van der Waals surface area contributed by atoms with Crippen molar-refractivity contribution in [3.63, 3.8) is 0 Å². The minimum absolute atomic E-state index is 0.0111. The van der Waals surface area contributed by atoms with Crippen molar-refractivity contribution in [2.24, 2.45) is 5.92 Å². The number of allylic oxidation sites excluding steroid dienone is 1. The van der Waals surface area contributed by atoms with E-state index in [-0.39, 0.29) is 41.9 Å². The Morgan fingerprint density at radius 2 is 2.18 bits per heavy atom. The molecule has 33 heavy (non-hydrogen) atoms. The van der Waals surface area contributed by atoms with Gasteiger partial charge in [-0.15, -0.1) is 0 Å². The molecule has 0 unspecified atom stereocenters. The summed E-state index contributed by atoms with van der Waals surface area (Å²) in [5.74, 6) is -0.123. The number of esters is 1. The second-order valence-corrected chi connectivity index (χ2v) is 10.2. The van der Waals surface area contributed by atoms with Crippen LogP contribution in [0.2, 0.25) is 5.02 Å². The van der Waals surface area contributed by atoms with E-state index in [1.165, 1.54) is 11.6 Å². The molecule has 3 fully saturated rings. The summed E-state index contributed by atoms with van der Waals surface area (Å²) >= 11 is 6.17. The molecule has 1 aliphatic carbocycles. The molecular formula is C26H34ClNO5. The van der Waals surface area contributed by atoms with E-state index in [1.54, 1.807) is 12.1 Å². The molecule has 5 atom stereocenters. The number of anilines is 1. The molecular weight excluding hydrogens is 442 g/mol. The van der Waals surface area contributed by atoms with E-state index in [1.807, 2.05) is 12.1 Å². The monoisotopic (exact) mass is 475 g/mol. The van der Waals surface area contributed by atoms with Crippen molar-refractivity contribution in [3.05, 3.63) is 46.5 Å². The number of nitrogens with one attached hydrogen (secondary N) is 1. The van der Waals surface area contributed by atoms with Crippen molar-refractivity contribution in [2.75, 3.05) is 25.1 Å². The van der Waals surface area contributed by atoms with Crippen LogP contribution in [0.5, 0.6) is 0 Å². The predicted molar refractivity (Wildman–Crippen MR) is 129 cm³/mol. The van der Waals surface area contributed by atoms with Crippen LogP contribution in [0.3, 0.4) is 0 Å². The minimum atomic E-state index is -0.353. The maximum atomic E-state index is 12.5. The zero-order valence-corrected chi connectivity index (χ0v) is 20.4. The normalized spacial score (nSPS) is 32.6. The quantitative estimate of drug-likeness (QED) is 0.232. The molecule has 2 heterocycles. The Bertz CT molecular complexity index is 937. The van der Waals surface area contributed by atoms with Crippen LogP contribution in [-0.4, -0.2) is 54.2 Å². The Morgan fingerprint density at radius 3 is 2.88 bits per heavy atom. The summed E-state index contributed by atoms with van der Waals surface area (Å²) in [7, 11) is 0. The molecule has 2 aliphatic heterocycles. The number of carbonyl (C=O) groups is 1. The topological polar surface area (TPSA) is 83.6 Å². The minimum Gasteiger partial charge on any atom is -0.459 e. The van der Waals surface area contributed by atoms with Gasteiger partial charge in [-0.2, -0.15) is 0 Å². The van der Waals surface area contributed by atoms with Gasteiger partial charge in [-0.05, 0) is 70.2 Å². The van der Waals surface area contributed by atoms with E-state index >= 15 is 0 Å². The molecule has 1 aromatic rings. The number of aliphatic hydroxyl groups is 1. The number of hydrogen-bond acceptors (Lipinski definition) is 6. The Kier molecular flexibility index (Phi) is 7.20. The van der Waals surface area contributed by atoms with Gasteiger partial charge in [-0.25, -0.2) is 4.79 Å². The van der Waals surface area contributed by atoms with Crippen LogP contribution in [0.15, 0.2) is 35.9 Å². The molecule has 0 aromatic heterocycles. The van der Waals surface area contributed by atoms with Crippen molar-refractivity contribution in [3.8, 4) is 0 Å². The van der Waals surface area contributed by atoms with E-state index < -0.39 is 0 Å². The summed E-state index contributed by atoms with van der Waals surface area (Å²) < 4.78 is 17.9. The van der Waals surface area contributed by atoms with Gasteiger partial charge in [0.05, 0.1) is 41.2 Å². The van der Waals surface area contributed by atoms with Crippen molar-refractivity contribution in [1.29, 1.82) is 0 Å². The van der Waals surface area contributed by atoms with Gasteiger partial charge >= 0.3 is 5.97 Å². The molecule has 0 amide bonds. The molecule has 2 saturated heterocycles. The lowest BCUT2D eigenvalue weighted by Gasteiger charge is -2.36. The Hall–Kier alpha value is -1.86. The Balaban J connectivity index is 1.35. The molecule has 7 heteroatoms. The van der Waals surface area contributed by atoms with Crippen LogP contribution in [0.25, 0.3) is 6.08 Å². The molecule has 180 valence electrons. The zero-order chi connectivity index (χ0) is 23.6. The highest BCUT2D eigenvalue weighted by Gasteiger charge is 2.68. The van der Waals surface area contributed by atoms with Crippen LogP contribution >= 0.6 is 11.6 Å². The van der Waals surface area contributed by atoms with E-state index in [9.17, 15) is 4.79 Å². The summed E-state index contributed by atoms with van der Waals surface area (Å²) in [6, 6.07) is 5.43. The van der Waals surface area contributed by atoms with Crippen LogP contribution in [0, 0.1) is 5.92 Å². The highest BCUT2D eigenvalue weighted by Crippen LogP contribution is 2.59. The third kappa shape index (κ3) is 5.62. The number of rotatable bonds is 9. The van der Waals surface area contributed by atoms with Crippen molar-refractivity contribution < 1.29 is 24.1 Å². The lowest BCUT2D eigenvalue weighted by molar-refractivity contribution is -0.147. The Labute approximate surface area is 200 Å². The van der Waals surface area contributed by atoms with Gasteiger partial charge in [0.15, 0.2) is 0 Å². The molecule has 6 nitrogen and oxygen atoms in total. The van der Waals surface area contributed by atoms with Crippen LogP contribution in [0.1, 0.15) is 52.0 Å². The van der Waals surface area contributed by atoms with Gasteiger partial charge in [0, 0.05) is 18.5 Å². The van der Waals surface area contributed by atoms with Crippen LogP contribution < -0.4 is 5.32 Å². The highest BCUT2D eigenvalue weighted by molar-refractivity contribution is 6.33. The second kappa shape index (κ2) is 9.79. The first-order chi connectivity index (χ1) is 15.8. The number of epoxide rings is 2. The molecule has 2 N–H and O–H groups in total. The largest absolute Gasteiger partial charge is 0.459 e. The average molecular weight is 476 g/mol. The molecule has 0 radical (unpaired) electrons. The van der Waals surface area contributed by atoms with Gasteiger partial charge in [0.2, 0.25) is 0 Å². The number of halogens is 1. The lowest BCUT2D eigenvalue weighted by Crippen LogP contribution is -2.44. The number of hydrogen-bond donors (Lipinski definition) is 2. The molecule has 3 aliphatic rings. The first kappa shape index (κ1) is 24.3. The van der Waals surface area contributed by atoms with Gasteiger partial charge in [-0.3, -0.25) is 0 Å². The summed E-state index contributed by atoms with van der Waals surface area (Å²) in [6.45, 7) is 7.57. The number of ether oxygens (including phenoxy) is 3. The molecule has 0 bridgehead atoms. The maximum absolute atomic E-state index is 12.5. The van der Waals surface area contributed by atoms with Gasteiger partial charge in [0.1, 0.15) is 6.10 Å². The number of benzene rings is 1. The SMILES string of the molecule is CC(C)=CC[C@H]1O[C@]1(C)[C@H]1C[C@H](OC(=O)/C=C/c2ccc(Cl)c(NCCO)c2)CC[C@]12CO2. The van der Waals surface area contributed by atoms with E-state index in [0.717, 1.165) is 37.9 Å². The van der Waals surface area contributed by atoms with E-state index in [0.29, 0.717) is 17.3 Å². The van der Waals surface area contributed by atoms with E-state index in [4.69, 9.17) is 30.9 Å². The average Bonchev–Trinajstić information content (AvgIpc) is 3.69. The fourth-order valence-corrected chi connectivity index (χ4v) is 5.21. The van der Waals surface area contributed by atoms with E-state index in [2.05, 4.69) is 32.2 Å². The maximum Gasteiger partial charge on any atom is 0.331 e. The first-order valence-electron chi connectivity index (χ1n) is 11.7. The fraction of sp³-hybridized carbons (Fsp3) is 0.577. The van der Waals surface area contributed by atoms with Crippen LogP contribution in [0.4, 0.5) is 5.69 Å². The molecule has 1 aromatic carbocycles. The summed E-state index contributed by atoms with van der Waals surface area (Å²) in [5.41, 5.74) is 2.51. The number of carbonyl (C=O) groups excluding carboxylic acids is 1. The predicted octanol–water partition coefficient (Wildman–Crippen LogP) is 4.75. The van der Waals surface area contributed by atoms with Gasteiger partial charge in [0.25, 0.3) is 0 Å². The summed E-state index contributed by atoms with van der Waals surface area (Å²) in [6.07, 6.45) is 8.83. The van der Waals surface area contributed by atoms with Crippen LogP contribution in [-0.2, 0) is 19.0 Å². The van der Waals surface area contributed by atoms with Gasteiger partial charge in [-0.1, -0.05) is 29.3 Å². The smallest absolute Gasteiger partial charge is 0.331 e. The third-order valence-corrected chi connectivity index (χ3v) is 7.39. The molecule has 1 spiro atoms. The fourth-order valence-electron chi connectivity index (χ4n) is 5.02. The second-order valence-electron chi connectivity index (χ2n) is 9.77. The molecule has 4 rings (SSSR count). The van der Waals surface area contributed by atoms with Gasteiger partial charge < -0.3 is 24.6 Å². The summed E-state index contributed by atoms with van der Waals surface area (Å²) in [5, 5.41) is 12.6. The first-order valence-corrected chi connectivity index (χ1v) is 12.1. The Morgan fingerprint density at radius 1 is 1.39 bits per heavy atom. The standard InChI is InChI=1S/C26H34ClNO5/c1-17(2)4-8-23-25(3,33-23)22-15-19(10-11-26(22)16-31-26)32-24(30)9-6-18-5-7-20(27)21(14-18)28-12-13-29/h4-7,9,14,19,22-23,28-29H,8,10-13,15-16H2,1-3H3/b9-6+/t19-,22-,23-,25-,26+/m1/s1. The third-order valence-electron chi connectivity index (χ3n) is 7.06. The van der Waals surface area contributed by atoms with Crippen molar-refractivity contribution >= 4 is 29.3 Å². The van der Waals surface area contributed by atoms with Crippen molar-refractivity contribution in [2.45, 2.75) is 69.9 Å². The lowest BCUT2D eigenvalue weighted by atomic mass is 9.70. The highest BCUT2D eigenvalue weighted by atomic mass is 35.5.